The van der Waals surface area contributed by atoms with Gasteiger partial charge in [0.15, 0.2) is 0 Å². The zero-order valence-corrected chi connectivity index (χ0v) is 8.83. The molecule has 0 saturated heterocycles. The number of anilines is 1. The normalized spacial score (nSPS) is 18.8. The van der Waals surface area contributed by atoms with Gasteiger partial charge in [-0.3, -0.25) is 4.98 Å². The Bertz CT molecular complexity index is 455. The van der Waals surface area contributed by atoms with E-state index in [-0.39, 0.29) is 6.04 Å². The lowest BCUT2D eigenvalue weighted by Crippen LogP contribution is -2.22. The van der Waals surface area contributed by atoms with Gasteiger partial charge in [0, 0.05) is 6.20 Å². The average molecular weight is 218 g/mol. The fourth-order valence-electron chi connectivity index (χ4n) is 1.67. The number of hydrogen-bond acceptors (Lipinski definition) is 4. The monoisotopic (exact) mass is 218 g/mol. The molecule has 0 aliphatic carbocycles. The quantitative estimate of drug-likeness (QED) is 0.799. The van der Waals surface area contributed by atoms with Gasteiger partial charge in [-0.25, -0.2) is 0 Å². The second kappa shape index (κ2) is 3.55. The van der Waals surface area contributed by atoms with Gasteiger partial charge in [-0.1, -0.05) is 12.1 Å². The molecule has 4 heteroatoms. The molecule has 0 bridgehead atoms. The summed E-state index contributed by atoms with van der Waals surface area (Å²) < 4.78 is 5.68. The van der Waals surface area contributed by atoms with Gasteiger partial charge in [0.25, 0.3) is 0 Å². The Morgan fingerprint density at radius 2 is 2.33 bits per heavy atom. The van der Waals surface area contributed by atoms with Crippen molar-refractivity contribution in [1.82, 2.24) is 4.98 Å². The number of aromatic nitrogens is 1. The van der Waals surface area contributed by atoms with Gasteiger partial charge < -0.3 is 10.1 Å². The Labute approximate surface area is 91.7 Å². The fourth-order valence-corrected chi connectivity index (χ4v) is 2.32. The van der Waals surface area contributed by atoms with Gasteiger partial charge in [0.1, 0.15) is 12.4 Å². The number of nitrogens with zero attached hydrogens (tertiary/aromatic N) is 1. The standard InChI is InChI=1S/C11H10N2OS/c1-2-4-10-8(3-1)13-9(6-14-10)11-5-12-7-15-11/h1-5,7,9,13H,6H2. The van der Waals surface area contributed by atoms with Gasteiger partial charge in [0.05, 0.1) is 22.1 Å². The van der Waals surface area contributed by atoms with Crippen molar-refractivity contribution in [1.29, 1.82) is 0 Å². The van der Waals surface area contributed by atoms with Crippen LogP contribution in [0.1, 0.15) is 10.9 Å². The molecule has 1 N–H and O–H groups in total. The third kappa shape index (κ3) is 1.57. The van der Waals surface area contributed by atoms with Crippen LogP contribution in [0.5, 0.6) is 5.75 Å². The largest absolute Gasteiger partial charge is 0.489 e. The summed E-state index contributed by atoms with van der Waals surface area (Å²) in [4.78, 5) is 5.29. The van der Waals surface area contributed by atoms with Crippen LogP contribution in [-0.4, -0.2) is 11.6 Å². The van der Waals surface area contributed by atoms with Crippen LogP contribution in [0, 0.1) is 0 Å². The Kier molecular flexibility index (Phi) is 2.07. The number of fused-ring (bicyclic) bond motifs is 1. The molecule has 76 valence electrons. The van der Waals surface area contributed by atoms with Crippen LogP contribution in [-0.2, 0) is 0 Å². The van der Waals surface area contributed by atoms with Gasteiger partial charge in [-0.05, 0) is 12.1 Å². The van der Waals surface area contributed by atoms with Crippen LogP contribution >= 0.6 is 11.3 Å². The van der Waals surface area contributed by atoms with Gasteiger partial charge >= 0.3 is 0 Å². The summed E-state index contributed by atoms with van der Waals surface area (Å²) >= 11 is 1.65. The molecule has 1 aliphatic rings. The second-order valence-corrected chi connectivity index (χ2v) is 4.33. The molecule has 2 heterocycles. The molecule has 0 saturated carbocycles. The number of ether oxygens (including phenoxy) is 1. The molecule has 1 atom stereocenters. The summed E-state index contributed by atoms with van der Waals surface area (Å²) in [6, 6.07) is 8.22. The highest BCUT2D eigenvalue weighted by Crippen LogP contribution is 2.33. The molecule has 0 amide bonds. The number of thiazole rings is 1. The summed E-state index contributed by atoms with van der Waals surface area (Å²) in [5, 5.41) is 3.44. The molecular formula is C11H10N2OS. The molecule has 0 fully saturated rings. The maximum atomic E-state index is 5.68. The topological polar surface area (TPSA) is 34.2 Å². The lowest BCUT2D eigenvalue weighted by molar-refractivity contribution is 0.288. The van der Waals surface area contributed by atoms with Crippen molar-refractivity contribution < 1.29 is 4.74 Å². The van der Waals surface area contributed by atoms with E-state index in [0.717, 1.165) is 11.4 Å². The van der Waals surface area contributed by atoms with E-state index in [9.17, 15) is 0 Å². The Morgan fingerprint density at radius 3 is 3.20 bits per heavy atom. The first-order valence-corrected chi connectivity index (χ1v) is 5.68. The second-order valence-electron chi connectivity index (χ2n) is 3.41. The van der Waals surface area contributed by atoms with E-state index in [0.29, 0.717) is 6.61 Å². The number of hydrogen-bond donors (Lipinski definition) is 1. The van der Waals surface area contributed by atoms with Crippen LogP contribution in [0.3, 0.4) is 0 Å². The Balaban J connectivity index is 1.89. The number of rotatable bonds is 1. The predicted molar refractivity (Wildman–Crippen MR) is 60.4 cm³/mol. The molecule has 3 rings (SSSR count). The van der Waals surface area contributed by atoms with Crippen LogP contribution in [0.2, 0.25) is 0 Å². The summed E-state index contributed by atoms with van der Waals surface area (Å²) in [5.74, 6) is 0.929. The number of para-hydroxylation sites is 2. The van der Waals surface area contributed by atoms with Gasteiger partial charge in [0.2, 0.25) is 0 Å². The highest BCUT2D eigenvalue weighted by atomic mass is 32.1. The molecule has 2 aromatic rings. The predicted octanol–water partition coefficient (Wildman–Crippen LogP) is 2.69. The first-order valence-electron chi connectivity index (χ1n) is 4.80. The van der Waals surface area contributed by atoms with Crippen LogP contribution < -0.4 is 10.1 Å². The first kappa shape index (κ1) is 8.73. The SMILES string of the molecule is c1ccc2c(c1)NC(c1cncs1)CO2. The molecule has 3 nitrogen and oxygen atoms in total. The van der Waals surface area contributed by atoms with E-state index in [1.54, 1.807) is 11.3 Å². The molecule has 1 aliphatic heterocycles. The van der Waals surface area contributed by atoms with Gasteiger partial charge in [-0.2, -0.15) is 0 Å². The Morgan fingerprint density at radius 1 is 1.40 bits per heavy atom. The van der Waals surface area contributed by atoms with E-state index in [4.69, 9.17) is 4.74 Å². The van der Waals surface area contributed by atoms with Crippen molar-refractivity contribution in [2.75, 3.05) is 11.9 Å². The molecule has 15 heavy (non-hydrogen) atoms. The zero-order chi connectivity index (χ0) is 10.1. The Hall–Kier alpha value is -1.55. The highest BCUT2D eigenvalue weighted by molar-refractivity contribution is 7.09. The minimum absolute atomic E-state index is 0.229. The first-order chi connectivity index (χ1) is 7.43. The van der Waals surface area contributed by atoms with E-state index in [2.05, 4.69) is 10.3 Å². The van der Waals surface area contributed by atoms with Gasteiger partial charge in [-0.15, -0.1) is 11.3 Å². The van der Waals surface area contributed by atoms with Crippen molar-refractivity contribution >= 4 is 17.0 Å². The minimum atomic E-state index is 0.229. The zero-order valence-electron chi connectivity index (χ0n) is 8.01. The smallest absolute Gasteiger partial charge is 0.142 e. The number of nitrogens with one attached hydrogen (secondary N) is 1. The summed E-state index contributed by atoms with van der Waals surface area (Å²) in [6.07, 6.45) is 1.89. The van der Waals surface area contributed by atoms with E-state index in [1.807, 2.05) is 36.0 Å². The van der Waals surface area contributed by atoms with Crippen molar-refractivity contribution in [2.24, 2.45) is 0 Å². The third-order valence-corrected chi connectivity index (χ3v) is 3.31. The van der Waals surface area contributed by atoms with E-state index < -0.39 is 0 Å². The minimum Gasteiger partial charge on any atom is -0.489 e. The summed E-state index contributed by atoms with van der Waals surface area (Å²) in [7, 11) is 0. The van der Waals surface area contributed by atoms with Crippen LogP contribution in [0.15, 0.2) is 36.0 Å². The van der Waals surface area contributed by atoms with Crippen LogP contribution in [0.25, 0.3) is 0 Å². The van der Waals surface area contributed by atoms with Crippen molar-refractivity contribution in [2.45, 2.75) is 6.04 Å². The maximum Gasteiger partial charge on any atom is 0.142 e. The molecule has 0 radical (unpaired) electrons. The van der Waals surface area contributed by atoms with Crippen molar-refractivity contribution in [3.63, 3.8) is 0 Å². The fraction of sp³-hybridized carbons (Fsp3) is 0.182. The van der Waals surface area contributed by atoms with Crippen molar-refractivity contribution in [3.05, 3.63) is 40.8 Å². The van der Waals surface area contributed by atoms with Crippen molar-refractivity contribution in [3.8, 4) is 5.75 Å². The van der Waals surface area contributed by atoms with E-state index in [1.165, 1.54) is 4.88 Å². The average Bonchev–Trinajstić information content (AvgIpc) is 2.82. The van der Waals surface area contributed by atoms with Crippen LogP contribution in [0.4, 0.5) is 5.69 Å². The molecule has 1 aromatic carbocycles. The lowest BCUT2D eigenvalue weighted by atomic mass is 10.2. The molecule has 0 spiro atoms. The van der Waals surface area contributed by atoms with E-state index >= 15 is 0 Å². The highest BCUT2D eigenvalue weighted by Gasteiger charge is 2.20. The molecule has 1 aromatic heterocycles. The number of benzene rings is 1. The summed E-state index contributed by atoms with van der Waals surface area (Å²) in [6.45, 7) is 0.666. The third-order valence-electron chi connectivity index (χ3n) is 2.42. The molecule has 1 unspecified atom stereocenters. The lowest BCUT2D eigenvalue weighted by Gasteiger charge is -2.26. The summed E-state index contributed by atoms with van der Waals surface area (Å²) in [5.41, 5.74) is 2.90. The maximum absolute atomic E-state index is 5.68. The molecular weight excluding hydrogens is 208 g/mol.